The van der Waals surface area contributed by atoms with Crippen LogP contribution in [-0.2, 0) is 12.4 Å². The zero-order valence-corrected chi connectivity index (χ0v) is 19.2. The Labute approximate surface area is 203 Å². The van der Waals surface area contributed by atoms with Crippen molar-refractivity contribution in [2.75, 3.05) is 0 Å². The Morgan fingerprint density at radius 3 is 2.50 bits per heavy atom. The van der Waals surface area contributed by atoms with Gasteiger partial charge in [-0.15, -0.1) is 10.2 Å². The highest BCUT2D eigenvalue weighted by Crippen LogP contribution is 2.27. The minimum Gasteiger partial charge on any atom is -0.483 e. The van der Waals surface area contributed by atoms with Crippen molar-refractivity contribution >= 4 is 23.4 Å². The number of rotatable bonds is 8. The first-order valence-corrected chi connectivity index (χ1v) is 11.6. The van der Waals surface area contributed by atoms with Gasteiger partial charge in [0.2, 0.25) is 0 Å². The summed E-state index contributed by atoms with van der Waals surface area (Å²) in [4.78, 5) is 4.45. The third-order valence-electron chi connectivity index (χ3n) is 4.80. The van der Waals surface area contributed by atoms with Gasteiger partial charge < -0.3 is 9.26 Å². The van der Waals surface area contributed by atoms with E-state index in [-0.39, 0.29) is 12.4 Å². The van der Waals surface area contributed by atoms with Gasteiger partial charge in [0.15, 0.2) is 28.4 Å². The molecule has 0 unspecified atom stereocenters. The molecule has 3 aromatic carbocycles. The Hall–Kier alpha value is -3.69. The maximum Gasteiger partial charge on any atom is 0.257 e. The number of para-hydroxylation sites is 2. The number of ether oxygens (including phenoxy) is 1. The molecular formula is C24H17ClFN5O2S. The van der Waals surface area contributed by atoms with Gasteiger partial charge in [-0.2, -0.15) is 4.98 Å². The van der Waals surface area contributed by atoms with Crippen molar-refractivity contribution in [3.05, 3.63) is 101 Å². The lowest BCUT2D eigenvalue weighted by Crippen LogP contribution is -2.07. The average molecular weight is 494 g/mol. The highest BCUT2D eigenvalue weighted by molar-refractivity contribution is 7.98. The van der Waals surface area contributed by atoms with Gasteiger partial charge in [0.1, 0.15) is 6.61 Å². The van der Waals surface area contributed by atoms with Crippen LogP contribution in [0.15, 0.2) is 88.5 Å². The zero-order valence-electron chi connectivity index (χ0n) is 17.6. The van der Waals surface area contributed by atoms with Crippen LogP contribution in [0.25, 0.3) is 17.1 Å². The molecule has 5 rings (SSSR count). The van der Waals surface area contributed by atoms with E-state index in [4.69, 9.17) is 20.9 Å². The van der Waals surface area contributed by atoms with Crippen molar-refractivity contribution in [1.82, 2.24) is 24.9 Å². The number of halogens is 2. The fourth-order valence-corrected chi connectivity index (χ4v) is 4.12. The summed E-state index contributed by atoms with van der Waals surface area (Å²) < 4.78 is 26.9. The van der Waals surface area contributed by atoms with E-state index < -0.39 is 5.82 Å². The molecule has 0 atom stereocenters. The molecule has 5 aromatic rings. The van der Waals surface area contributed by atoms with Gasteiger partial charge >= 0.3 is 0 Å². The Balaban J connectivity index is 1.35. The topological polar surface area (TPSA) is 78.9 Å². The molecule has 170 valence electrons. The van der Waals surface area contributed by atoms with E-state index in [1.165, 1.54) is 17.8 Å². The largest absolute Gasteiger partial charge is 0.483 e. The Bertz CT molecular complexity index is 1390. The Morgan fingerprint density at radius 2 is 1.71 bits per heavy atom. The van der Waals surface area contributed by atoms with Gasteiger partial charge in [0.25, 0.3) is 5.89 Å². The van der Waals surface area contributed by atoms with Crippen molar-refractivity contribution in [1.29, 1.82) is 0 Å². The van der Waals surface area contributed by atoms with Crippen LogP contribution in [-0.4, -0.2) is 24.9 Å². The molecule has 0 spiro atoms. The summed E-state index contributed by atoms with van der Waals surface area (Å²) in [5.74, 6) is 1.60. The van der Waals surface area contributed by atoms with E-state index in [2.05, 4.69) is 20.3 Å². The van der Waals surface area contributed by atoms with Crippen LogP contribution in [0.3, 0.4) is 0 Å². The number of aromatic nitrogens is 5. The molecule has 0 saturated carbocycles. The van der Waals surface area contributed by atoms with Crippen LogP contribution in [0.4, 0.5) is 4.39 Å². The third-order valence-corrected chi connectivity index (χ3v) is 5.97. The van der Waals surface area contributed by atoms with Crippen molar-refractivity contribution in [3.8, 4) is 22.9 Å². The predicted octanol–water partition coefficient (Wildman–Crippen LogP) is 5.98. The molecule has 2 aromatic heterocycles. The number of hydrogen-bond acceptors (Lipinski definition) is 7. The van der Waals surface area contributed by atoms with Crippen molar-refractivity contribution in [2.45, 2.75) is 17.5 Å². The summed E-state index contributed by atoms with van der Waals surface area (Å²) in [6.07, 6.45) is 0. The van der Waals surface area contributed by atoms with Crippen LogP contribution >= 0.6 is 23.4 Å². The minimum absolute atomic E-state index is 0.0479. The molecule has 10 heteroatoms. The maximum absolute atomic E-state index is 14.0. The zero-order chi connectivity index (χ0) is 23.3. The quantitative estimate of drug-likeness (QED) is 0.246. The van der Waals surface area contributed by atoms with Gasteiger partial charge in [0.05, 0.1) is 5.75 Å². The second-order valence-electron chi connectivity index (χ2n) is 7.10. The molecule has 0 saturated heterocycles. The van der Waals surface area contributed by atoms with Crippen LogP contribution in [0.2, 0.25) is 5.02 Å². The van der Waals surface area contributed by atoms with Crippen LogP contribution in [0.5, 0.6) is 5.75 Å². The first-order chi connectivity index (χ1) is 16.7. The first kappa shape index (κ1) is 22.1. The number of nitrogens with zero attached hydrogens (tertiary/aromatic N) is 5. The van der Waals surface area contributed by atoms with Crippen LogP contribution in [0.1, 0.15) is 11.6 Å². The standard InChI is InChI=1S/C24H17ClFN5O2S/c25-17-12-10-16(11-13-17)23-27-21(30-33-23)15-34-24-29-28-22(31(24)18-6-2-1-3-7-18)14-32-20-9-5-4-8-19(20)26/h1-13H,14-15H2. The lowest BCUT2D eigenvalue weighted by atomic mass is 10.2. The smallest absolute Gasteiger partial charge is 0.257 e. The normalized spacial score (nSPS) is 11.0. The lowest BCUT2D eigenvalue weighted by molar-refractivity contribution is 0.278. The summed E-state index contributed by atoms with van der Waals surface area (Å²) in [7, 11) is 0. The fraction of sp³-hybridized carbons (Fsp3) is 0.0833. The summed E-state index contributed by atoms with van der Waals surface area (Å²) in [5, 5.41) is 13.9. The predicted molar refractivity (Wildman–Crippen MR) is 126 cm³/mol. The van der Waals surface area contributed by atoms with Gasteiger partial charge in [0, 0.05) is 16.3 Å². The molecular weight excluding hydrogens is 477 g/mol. The lowest BCUT2D eigenvalue weighted by Gasteiger charge is -2.11. The van der Waals surface area contributed by atoms with Gasteiger partial charge in [-0.05, 0) is 48.5 Å². The molecule has 0 amide bonds. The molecule has 7 nitrogen and oxygen atoms in total. The van der Waals surface area contributed by atoms with Gasteiger partial charge in [-0.25, -0.2) is 4.39 Å². The van der Waals surface area contributed by atoms with Crippen LogP contribution < -0.4 is 4.74 Å². The molecule has 0 bridgehead atoms. The fourth-order valence-electron chi connectivity index (χ4n) is 3.18. The van der Waals surface area contributed by atoms with E-state index in [0.717, 1.165) is 11.3 Å². The van der Waals surface area contributed by atoms with E-state index in [9.17, 15) is 4.39 Å². The second-order valence-corrected chi connectivity index (χ2v) is 8.48. The molecule has 0 aliphatic heterocycles. The molecule has 0 aliphatic carbocycles. The van der Waals surface area contributed by atoms with Gasteiger partial charge in [-0.3, -0.25) is 4.57 Å². The van der Waals surface area contributed by atoms with Crippen molar-refractivity contribution < 1.29 is 13.7 Å². The van der Waals surface area contributed by atoms with E-state index in [1.54, 1.807) is 30.3 Å². The molecule has 2 heterocycles. The molecule has 34 heavy (non-hydrogen) atoms. The SMILES string of the molecule is Fc1ccccc1OCc1nnc(SCc2noc(-c3ccc(Cl)cc3)n2)n1-c1ccccc1. The second kappa shape index (κ2) is 10.1. The minimum atomic E-state index is -0.434. The number of thioether (sulfide) groups is 1. The summed E-state index contributed by atoms with van der Waals surface area (Å²) in [6.45, 7) is 0.0479. The van der Waals surface area contributed by atoms with Crippen LogP contribution in [0, 0.1) is 5.82 Å². The summed E-state index contributed by atoms with van der Waals surface area (Å²) >= 11 is 7.35. The van der Waals surface area contributed by atoms with E-state index in [0.29, 0.717) is 33.5 Å². The number of hydrogen-bond donors (Lipinski definition) is 0. The Morgan fingerprint density at radius 1 is 0.941 bits per heavy atom. The maximum atomic E-state index is 14.0. The molecule has 0 fully saturated rings. The van der Waals surface area contributed by atoms with Gasteiger partial charge in [-0.1, -0.05) is 58.9 Å². The first-order valence-electron chi connectivity index (χ1n) is 10.3. The summed E-state index contributed by atoms with van der Waals surface area (Å²) in [5.41, 5.74) is 1.64. The van der Waals surface area contributed by atoms with Crippen molar-refractivity contribution in [2.24, 2.45) is 0 Å². The average Bonchev–Trinajstić information content (AvgIpc) is 3.50. The monoisotopic (exact) mass is 493 g/mol. The number of benzene rings is 3. The Kier molecular flexibility index (Phi) is 6.55. The third kappa shape index (κ3) is 4.95. The molecule has 0 radical (unpaired) electrons. The molecule has 0 aliphatic rings. The van der Waals surface area contributed by atoms with E-state index in [1.807, 2.05) is 47.0 Å². The van der Waals surface area contributed by atoms with E-state index >= 15 is 0 Å². The highest BCUT2D eigenvalue weighted by atomic mass is 35.5. The molecule has 0 N–H and O–H groups in total. The highest BCUT2D eigenvalue weighted by Gasteiger charge is 2.17. The van der Waals surface area contributed by atoms with Crippen molar-refractivity contribution in [3.63, 3.8) is 0 Å². The summed E-state index contributed by atoms with van der Waals surface area (Å²) in [6, 6.07) is 23.1.